The Labute approximate surface area is 131 Å². The number of hydrogen-bond acceptors (Lipinski definition) is 4. The summed E-state index contributed by atoms with van der Waals surface area (Å²) < 4.78 is 52.4. The van der Waals surface area contributed by atoms with E-state index in [1.54, 1.807) is 25.1 Å². The van der Waals surface area contributed by atoms with Crippen LogP contribution in [0.2, 0.25) is 0 Å². The van der Waals surface area contributed by atoms with Crippen LogP contribution >= 0.6 is 0 Å². The van der Waals surface area contributed by atoms with Crippen LogP contribution < -0.4 is 4.90 Å². The van der Waals surface area contributed by atoms with E-state index in [0.29, 0.717) is 0 Å². The van der Waals surface area contributed by atoms with Gasteiger partial charge < -0.3 is 4.90 Å². The number of halogens is 2. The summed E-state index contributed by atoms with van der Waals surface area (Å²) in [6.45, 7) is 1.75. The van der Waals surface area contributed by atoms with Crippen molar-refractivity contribution in [1.82, 2.24) is 0 Å². The molecule has 1 aliphatic rings. The zero-order chi connectivity index (χ0) is 16.8. The smallest absolute Gasteiger partial charge is 0.220 e. The second-order valence-electron chi connectivity index (χ2n) is 5.05. The van der Waals surface area contributed by atoms with Crippen molar-refractivity contribution in [2.75, 3.05) is 4.90 Å². The molecule has 0 unspecified atom stereocenters. The average molecular weight is 332 g/mol. The zero-order valence-electron chi connectivity index (χ0n) is 11.9. The summed E-state index contributed by atoms with van der Waals surface area (Å²) in [6.07, 6.45) is 1.01. The highest BCUT2D eigenvalue weighted by Gasteiger charge is 2.33. The lowest BCUT2D eigenvalue weighted by molar-refractivity contribution is 0.598. The molecule has 7 heteroatoms. The highest BCUT2D eigenvalue weighted by atomic mass is 32.2. The van der Waals surface area contributed by atoms with Gasteiger partial charge in [0.15, 0.2) is 4.91 Å². The minimum atomic E-state index is -3.97. The summed E-state index contributed by atoms with van der Waals surface area (Å²) in [5, 5.41) is 9.10. The van der Waals surface area contributed by atoms with Crippen LogP contribution in [0.4, 0.5) is 20.2 Å². The molecule has 0 aromatic heterocycles. The fourth-order valence-electron chi connectivity index (χ4n) is 2.38. The van der Waals surface area contributed by atoms with Gasteiger partial charge >= 0.3 is 0 Å². The third-order valence-electron chi connectivity index (χ3n) is 3.48. The quantitative estimate of drug-likeness (QED) is 0.801. The molecular formula is C16H10F2N2O2S. The molecular weight excluding hydrogens is 322 g/mol. The van der Waals surface area contributed by atoms with Gasteiger partial charge in [-0.25, -0.2) is 17.2 Å². The first-order chi connectivity index (χ1) is 10.8. The lowest BCUT2D eigenvalue weighted by Crippen LogP contribution is -2.22. The molecule has 0 bridgehead atoms. The van der Waals surface area contributed by atoms with Gasteiger partial charge in [0.1, 0.15) is 17.7 Å². The predicted octanol–water partition coefficient (Wildman–Crippen LogP) is 3.56. The fraction of sp³-hybridized carbons (Fsp3) is 0.0625. The van der Waals surface area contributed by atoms with E-state index < -0.39 is 26.4 Å². The minimum absolute atomic E-state index is 0.120. The Morgan fingerprint density at radius 3 is 2.52 bits per heavy atom. The van der Waals surface area contributed by atoms with Crippen LogP contribution in [-0.2, 0) is 9.84 Å². The molecule has 23 heavy (non-hydrogen) atoms. The molecule has 0 atom stereocenters. The normalized spacial score (nSPS) is 15.6. The first-order valence-electron chi connectivity index (χ1n) is 6.56. The van der Waals surface area contributed by atoms with Gasteiger partial charge in [-0.3, -0.25) is 0 Å². The molecule has 0 saturated carbocycles. The van der Waals surface area contributed by atoms with Crippen LogP contribution in [-0.4, -0.2) is 8.42 Å². The van der Waals surface area contributed by atoms with Gasteiger partial charge in [0.2, 0.25) is 9.84 Å². The Morgan fingerprint density at radius 1 is 1.09 bits per heavy atom. The first kappa shape index (κ1) is 15.2. The van der Waals surface area contributed by atoms with Crippen molar-refractivity contribution in [1.29, 1.82) is 5.26 Å². The van der Waals surface area contributed by atoms with Crippen molar-refractivity contribution in [3.8, 4) is 6.07 Å². The Hall–Kier alpha value is -2.72. The van der Waals surface area contributed by atoms with Crippen LogP contribution in [0.5, 0.6) is 0 Å². The van der Waals surface area contributed by atoms with Crippen LogP contribution in [0.1, 0.15) is 5.56 Å². The van der Waals surface area contributed by atoms with Crippen LogP contribution in [0, 0.1) is 29.9 Å². The number of fused-ring (bicyclic) bond motifs is 1. The molecule has 116 valence electrons. The molecule has 0 spiro atoms. The molecule has 0 amide bonds. The number of nitriles is 1. The molecule has 2 aromatic rings. The van der Waals surface area contributed by atoms with Gasteiger partial charge in [0, 0.05) is 12.3 Å². The Kier molecular flexibility index (Phi) is 3.42. The second-order valence-corrected chi connectivity index (χ2v) is 6.93. The number of nitrogens with zero attached hydrogens (tertiary/aromatic N) is 2. The van der Waals surface area contributed by atoms with Gasteiger partial charge in [0.25, 0.3) is 0 Å². The zero-order valence-corrected chi connectivity index (χ0v) is 12.7. The second kappa shape index (κ2) is 5.18. The van der Waals surface area contributed by atoms with E-state index in [2.05, 4.69) is 0 Å². The van der Waals surface area contributed by atoms with E-state index in [0.717, 1.165) is 30.0 Å². The number of benzene rings is 2. The van der Waals surface area contributed by atoms with Crippen molar-refractivity contribution in [3.63, 3.8) is 0 Å². The van der Waals surface area contributed by atoms with Gasteiger partial charge in [-0.15, -0.1) is 0 Å². The molecule has 4 nitrogen and oxygen atoms in total. The van der Waals surface area contributed by atoms with Gasteiger partial charge in [-0.2, -0.15) is 5.26 Å². The monoisotopic (exact) mass is 332 g/mol. The van der Waals surface area contributed by atoms with Crippen molar-refractivity contribution in [3.05, 3.63) is 64.7 Å². The third-order valence-corrected chi connectivity index (χ3v) is 5.18. The summed E-state index contributed by atoms with van der Waals surface area (Å²) >= 11 is 0. The van der Waals surface area contributed by atoms with Crippen molar-refractivity contribution in [2.45, 2.75) is 11.8 Å². The minimum Gasteiger partial charge on any atom is -0.311 e. The molecule has 0 aliphatic carbocycles. The largest absolute Gasteiger partial charge is 0.311 e. The van der Waals surface area contributed by atoms with E-state index in [-0.39, 0.29) is 16.3 Å². The number of sulfone groups is 1. The number of rotatable bonds is 1. The van der Waals surface area contributed by atoms with Gasteiger partial charge in [-0.05, 0) is 36.8 Å². The number of anilines is 2. The SMILES string of the molecule is Cc1ccc2c(c1)N(c1cc(F)ccc1F)C=C(C#N)S2(=O)=O. The van der Waals surface area contributed by atoms with E-state index in [4.69, 9.17) is 5.26 Å². The molecule has 1 heterocycles. The van der Waals surface area contributed by atoms with Crippen LogP contribution in [0.3, 0.4) is 0 Å². The van der Waals surface area contributed by atoms with Gasteiger partial charge in [0.05, 0.1) is 16.3 Å². The molecule has 1 aliphatic heterocycles. The maximum Gasteiger partial charge on any atom is 0.220 e. The molecule has 0 radical (unpaired) electrons. The molecule has 0 fully saturated rings. The van der Waals surface area contributed by atoms with Crippen LogP contribution in [0.15, 0.2) is 52.4 Å². The molecule has 2 aromatic carbocycles. The summed E-state index contributed by atoms with van der Waals surface area (Å²) in [5.41, 5.74) is 0.752. The summed E-state index contributed by atoms with van der Waals surface area (Å²) in [7, 11) is -3.97. The predicted molar refractivity (Wildman–Crippen MR) is 80.6 cm³/mol. The number of hydrogen-bond donors (Lipinski definition) is 0. The van der Waals surface area contributed by atoms with Crippen LogP contribution in [0.25, 0.3) is 0 Å². The molecule has 0 saturated heterocycles. The fourth-order valence-corrected chi connectivity index (χ4v) is 3.66. The molecule has 3 rings (SSSR count). The summed E-state index contributed by atoms with van der Waals surface area (Å²) in [6, 6.07) is 8.94. The number of allylic oxidation sites excluding steroid dienone is 1. The van der Waals surface area contributed by atoms with E-state index in [1.807, 2.05) is 0 Å². The first-order valence-corrected chi connectivity index (χ1v) is 8.05. The van der Waals surface area contributed by atoms with Crippen molar-refractivity contribution < 1.29 is 17.2 Å². The summed E-state index contributed by atoms with van der Waals surface area (Å²) in [5.74, 6) is -1.40. The average Bonchev–Trinajstić information content (AvgIpc) is 2.50. The third kappa shape index (κ3) is 2.37. The standard InChI is InChI=1S/C16H10F2N2O2S/c1-10-2-5-16-15(6-10)20(9-12(8-19)23(16,21)22)14-7-11(17)3-4-13(14)18/h2-7,9H,1H3. The maximum absolute atomic E-state index is 14.1. The lowest BCUT2D eigenvalue weighted by Gasteiger charge is -2.28. The Morgan fingerprint density at radius 2 is 1.83 bits per heavy atom. The molecule has 0 N–H and O–H groups in total. The van der Waals surface area contributed by atoms with Crippen molar-refractivity contribution in [2.24, 2.45) is 0 Å². The lowest BCUT2D eigenvalue weighted by atomic mass is 10.2. The maximum atomic E-state index is 14.1. The Bertz CT molecular complexity index is 992. The van der Waals surface area contributed by atoms with E-state index in [9.17, 15) is 17.2 Å². The highest BCUT2D eigenvalue weighted by Crippen LogP contribution is 2.40. The van der Waals surface area contributed by atoms with Gasteiger partial charge in [-0.1, -0.05) is 6.07 Å². The summed E-state index contributed by atoms with van der Waals surface area (Å²) in [4.78, 5) is 0.531. The van der Waals surface area contributed by atoms with Crippen molar-refractivity contribution >= 4 is 21.2 Å². The van der Waals surface area contributed by atoms with E-state index >= 15 is 0 Å². The number of aryl methyl sites for hydroxylation is 1. The van der Waals surface area contributed by atoms with E-state index in [1.165, 1.54) is 11.0 Å². The Balaban J connectivity index is 2.36. The highest BCUT2D eigenvalue weighted by molar-refractivity contribution is 7.95. The topological polar surface area (TPSA) is 61.2 Å².